The van der Waals surface area contributed by atoms with Crippen LogP contribution < -0.4 is 15.1 Å². The van der Waals surface area contributed by atoms with Crippen molar-refractivity contribution >= 4 is 33.9 Å². The van der Waals surface area contributed by atoms with Crippen LogP contribution in [0.15, 0.2) is 55.0 Å². The lowest BCUT2D eigenvalue weighted by molar-refractivity contribution is 0.00792. The molecule has 2 aliphatic heterocycles. The molecular formula is C31H36N8O2. The van der Waals surface area contributed by atoms with E-state index < -0.39 is 12.2 Å². The summed E-state index contributed by atoms with van der Waals surface area (Å²) in [6.45, 7) is 5.08. The minimum atomic E-state index is -0.818. The number of aliphatic hydroxyl groups excluding tert-OH is 2. The largest absolute Gasteiger partial charge is 0.390 e. The molecule has 3 fully saturated rings. The molecule has 0 bridgehead atoms. The molecule has 2 atom stereocenters. The van der Waals surface area contributed by atoms with Crippen LogP contribution in [0.4, 0.5) is 23.0 Å². The maximum atomic E-state index is 10.5. The lowest BCUT2D eigenvalue weighted by Gasteiger charge is -2.35. The Morgan fingerprint density at radius 3 is 2.54 bits per heavy atom. The quantitative estimate of drug-likeness (QED) is 0.329. The second kappa shape index (κ2) is 10.8. The number of benzene rings is 1. The van der Waals surface area contributed by atoms with Crippen molar-refractivity contribution in [3.8, 4) is 11.4 Å². The van der Waals surface area contributed by atoms with E-state index >= 15 is 0 Å². The first-order chi connectivity index (χ1) is 20.0. The predicted octanol–water partition coefficient (Wildman–Crippen LogP) is 3.39. The molecule has 212 valence electrons. The second-order valence-electron chi connectivity index (χ2n) is 11.5. The van der Waals surface area contributed by atoms with Gasteiger partial charge in [0.1, 0.15) is 11.6 Å². The standard InChI is InChI=1S/C31H36N8O2/c1-37-11-13-38(14-12-37)23-4-2-3-22(16-23)34-28-15-21(7-9-33-28)30-35-25-18-32-17-24(20-5-6-20)29(25)31(36-30)39-10-8-26(40)27(41)19-39/h2-4,7,9,15-18,20,26-27,40-41H,5-6,8,10-14,19H2,1H3,(H,33,34)/t26-,27+/m0/s1. The number of aromatic nitrogens is 4. The van der Waals surface area contributed by atoms with Crippen molar-refractivity contribution in [1.82, 2.24) is 24.8 Å². The van der Waals surface area contributed by atoms with E-state index in [9.17, 15) is 10.2 Å². The van der Waals surface area contributed by atoms with Gasteiger partial charge in [0.05, 0.1) is 23.9 Å². The van der Waals surface area contributed by atoms with Crippen molar-refractivity contribution in [1.29, 1.82) is 0 Å². The second-order valence-corrected chi connectivity index (χ2v) is 11.5. The van der Waals surface area contributed by atoms with Crippen LogP contribution in [-0.2, 0) is 0 Å². The fourth-order valence-corrected chi connectivity index (χ4v) is 5.89. The van der Waals surface area contributed by atoms with Gasteiger partial charge in [0.25, 0.3) is 0 Å². The molecule has 1 aliphatic carbocycles. The van der Waals surface area contributed by atoms with Gasteiger partial charge < -0.3 is 30.2 Å². The highest BCUT2D eigenvalue weighted by Gasteiger charge is 2.32. The van der Waals surface area contributed by atoms with Crippen LogP contribution in [0.5, 0.6) is 0 Å². The molecule has 10 heteroatoms. The first-order valence-corrected chi connectivity index (χ1v) is 14.6. The van der Waals surface area contributed by atoms with Gasteiger partial charge in [-0.25, -0.2) is 15.0 Å². The summed E-state index contributed by atoms with van der Waals surface area (Å²) in [7, 11) is 2.17. The minimum Gasteiger partial charge on any atom is -0.390 e. The Morgan fingerprint density at radius 1 is 0.878 bits per heavy atom. The summed E-state index contributed by atoms with van der Waals surface area (Å²) in [5, 5.41) is 25.1. The number of piperazine rings is 1. The average Bonchev–Trinajstić information content (AvgIpc) is 3.84. The van der Waals surface area contributed by atoms with E-state index in [0.29, 0.717) is 37.1 Å². The first kappa shape index (κ1) is 26.1. The van der Waals surface area contributed by atoms with Crippen LogP contribution in [0.2, 0.25) is 0 Å². The van der Waals surface area contributed by atoms with Gasteiger partial charge in [0.2, 0.25) is 0 Å². The molecule has 7 rings (SSSR count). The number of rotatable bonds is 6. The van der Waals surface area contributed by atoms with Gasteiger partial charge in [-0.3, -0.25) is 4.98 Å². The first-order valence-electron chi connectivity index (χ1n) is 14.6. The highest BCUT2D eigenvalue weighted by Crippen LogP contribution is 2.45. The topological polar surface area (TPSA) is 114 Å². The fourth-order valence-electron chi connectivity index (χ4n) is 5.89. The normalized spacial score (nSPS) is 21.8. The number of piperidine rings is 1. The molecule has 1 aromatic carbocycles. The van der Waals surface area contributed by atoms with E-state index in [-0.39, 0.29) is 0 Å². The number of likely N-dealkylation sites (N-methyl/N-ethyl adjacent to an activating group) is 1. The number of aliphatic hydroxyl groups is 2. The van der Waals surface area contributed by atoms with E-state index in [2.05, 4.69) is 61.3 Å². The van der Waals surface area contributed by atoms with Crippen LogP contribution in [0.3, 0.4) is 0 Å². The number of nitrogens with one attached hydrogen (secondary N) is 1. The third kappa shape index (κ3) is 5.42. The van der Waals surface area contributed by atoms with E-state index in [1.165, 1.54) is 11.3 Å². The number of anilines is 4. The summed E-state index contributed by atoms with van der Waals surface area (Å²) >= 11 is 0. The Morgan fingerprint density at radius 2 is 1.73 bits per heavy atom. The number of hydrogen-bond donors (Lipinski definition) is 3. The summed E-state index contributed by atoms with van der Waals surface area (Å²) in [4.78, 5) is 26.0. The zero-order valence-electron chi connectivity index (χ0n) is 23.3. The third-order valence-electron chi connectivity index (χ3n) is 8.49. The number of nitrogens with zero attached hydrogens (tertiary/aromatic N) is 7. The highest BCUT2D eigenvalue weighted by molar-refractivity contribution is 5.94. The number of hydrogen-bond acceptors (Lipinski definition) is 10. The van der Waals surface area contributed by atoms with E-state index in [4.69, 9.17) is 9.97 Å². The van der Waals surface area contributed by atoms with Crippen LogP contribution in [0.1, 0.15) is 30.7 Å². The Labute approximate surface area is 239 Å². The fraction of sp³-hybridized carbons (Fsp3) is 0.419. The molecule has 41 heavy (non-hydrogen) atoms. The van der Waals surface area contributed by atoms with Crippen molar-refractivity contribution in [3.63, 3.8) is 0 Å². The molecule has 0 amide bonds. The van der Waals surface area contributed by atoms with Crippen molar-refractivity contribution in [2.75, 3.05) is 61.4 Å². The average molecular weight is 553 g/mol. The van der Waals surface area contributed by atoms with Crippen LogP contribution in [-0.4, -0.2) is 93.6 Å². The highest BCUT2D eigenvalue weighted by atomic mass is 16.3. The van der Waals surface area contributed by atoms with E-state index in [1.807, 2.05) is 18.3 Å². The lowest BCUT2D eigenvalue weighted by Crippen LogP contribution is -2.47. The maximum absolute atomic E-state index is 10.5. The molecule has 2 saturated heterocycles. The lowest BCUT2D eigenvalue weighted by atomic mass is 10.0. The maximum Gasteiger partial charge on any atom is 0.162 e. The van der Waals surface area contributed by atoms with E-state index in [1.54, 1.807) is 12.4 Å². The molecule has 3 aliphatic rings. The predicted molar refractivity (Wildman–Crippen MR) is 161 cm³/mol. The Bertz CT molecular complexity index is 1550. The SMILES string of the molecule is CN1CCN(c2cccc(Nc3cc(-c4nc(N5CC[C@H](O)[C@H](O)C5)c5c(C6CC6)cncc5n4)ccn3)c2)CC1. The molecule has 0 spiro atoms. The number of pyridine rings is 2. The van der Waals surface area contributed by atoms with Gasteiger partial charge in [-0.2, -0.15) is 0 Å². The summed E-state index contributed by atoms with van der Waals surface area (Å²) < 4.78 is 0. The van der Waals surface area contributed by atoms with Gasteiger partial charge in [0, 0.05) is 74.0 Å². The molecule has 3 N–H and O–H groups in total. The molecule has 3 aromatic heterocycles. The number of fused-ring (bicyclic) bond motifs is 1. The summed E-state index contributed by atoms with van der Waals surface area (Å²) in [6, 6.07) is 12.4. The van der Waals surface area contributed by atoms with Crippen molar-refractivity contribution in [2.45, 2.75) is 37.4 Å². The van der Waals surface area contributed by atoms with E-state index in [0.717, 1.165) is 67.0 Å². The Kier molecular flexibility index (Phi) is 6.90. The molecule has 4 aromatic rings. The summed E-state index contributed by atoms with van der Waals surface area (Å²) in [6.07, 6.45) is 6.74. The van der Waals surface area contributed by atoms with Gasteiger partial charge in [-0.05, 0) is 68.1 Å². The zero-order chi connectivity index (χ0) is 27.9. The molecule has 5 heterocycles. The minimum absolute atomic E-state index is 0.325. The molecular weight excluding hydrogens is 516 g/mol. The Balaban J connectivity index is 1.21. The summed E-state index contributed by atoms with van der Waals surface area (Å²) in [5.74, 6) is 2.56. The molecule has 0 unspecified atom stereocenters. The monoisotopic (exact) mass is 552 g/mol. The van der Waals surface area contributed by atoms with Gasteiger partial charge >= 0.3 is 0 Å². The van der Waals surface area contributed by atoms with Gasteiger partial charge in [-0.15, -0.1) is 0 Å². The van der Waals surface area contributed by atoms with Gasteiger partial charge in [0.15, 0.2) is 5.82 Å². The smallest absolute Gasteiger partial charge is 0.162 e. The molecule has 10 nitrogen and oxygen atoms in total. The van der Waals surface area contributed by atoms with Crippen LogP contribution in [0.25, 0.3) is 22.3 Å². The van der Waals surface area contributed by atoms with Crippen molar-refractivity contribution in [3.05, 3.63) is 60.6 Å². The van der Waals surface area contributed by atoms with Crippen molar-refractivity contribution in [2.24, 2.45) is 0 Å². The van der Waals surface area contributed by atoms with Crippen molar-refractivity contribution < 1.29 is 10.2 Å². The third-order valence-corrected chi connectivity index (χ3v) is 8.49. The summed E-state index contributed by atoms with van der Waals surface area (Å²) in [5.41, 5.74) is 4.98. The molecule has 1 saturated carbocycles. The van der Waals surface area contributed by atoms with Crippen LogP contribution >= 0.6 is 0 Å². The van der Waals surface area contributed by atoms with Crippen LogP contribution in [0, 0.1) is 0 Å². The molecule has 0 radical (unpaired) electrons. The van der Waals surface area contributed by atoms with Gasteiger partial charge in [-0.1, -0.05) is 6.07 Å². The zero-order valence-corrected chi connectivity index (χ0v) is 23.3. The Hall–Kier alpha value is -3.86. The number of β-amino-alcohol motifs (C(OH)–C–C–N with tert-alkyl or cyclic N) is 1.